The fraction of sp³-hybridized carbons (Fsp3) is 0.800. The van der Waals surface area contributed by atoms with Gasteiger partial charge in [-0.15, -0.1) is 0 Å². The van der Waals surface area contributed by atoms with Gasteiger partial charge in [0.2, 0.25) is 6.33 Å². The van der Waals surface area contributed by atoms with E-state index in [2.05, 4.69) is 27.9 Å². The van der Waals surface area contributed by atoms with Gasteiger partial charge in [0, 0.05) is 27.1 Å². The average molecular weight is 301 g/mol. The van der Waals surface area contributed by atoms with Gasteiger partial charge in [-0.3, -0.25) is 0 Å². The molecule has 0 atom stereocenters. The number of hydrogen-bond acceptors (Lipinski definition) is 4. The van der Waals surface area contributed by atoms with Gasteiger partial charge >= 0.3 is 0 Å². The first-order chi connectivity index (χ1) is 10.4. The van der Waals surface area contributed by atoms with E-state index in [0.717, 1.165) is 39.1 Å². The summed E-state index contributed by atoms with van der Waals surface area (Å²) in [5.74, 6) is 0. The second-order valence-corrected chi connectivity index (χ2v) is 4.81. The van der Waals surface area contributed by atoms with Crippen molar-refractivity contribution in [2.24, 2.45) is 0 Å². The van der Waals surface area contributed by atoms with Crippen LogP contribution in [0.3, 0.4) is 0 Å². The van der Waals surface area contributed by atoms with E-state index < -0.39 is 0 Å². The fourth-order valence-electron chi connectivity index (χ4n) is 1.89. The number of aromatic nitrogens is 2. The first kappa shape index (κ1) is 18.1. The summed E-state index contributed by atoms with van der Waals surface area (Å²) in [6.07, 6.45) is 8.35. The van der Waals surface area contributed by atoms with Crippen molar-refractivity contribution in [3.63, 3.8) is 0 Å². The van der Waals surface area contributed by atoms with Crippen molar-refractivity contribution in [2.45, 2.75) is 25.9 Å². The SMILES string of the molecule is COCCOCCCn1cc[n+](CCCOCCOC)c1. The van der Waals surface area contributed by atoms with Crippen LogP contribution in [0.25, 0.3) is 0 Å². The van der Waals surface area contributed by atoms with Crippen LogP contribution in [0, 0.1) is 0 Å². The van der Waals surface area contributed by atoms with Crippen LogP contribution in [0.15, 0.2) is 18.7 Å². The largest absolute Gasteiger partial charge is 0.382 e. The summed E-state index contributed by atoms with van der Waals surface area (Å²) in [5.41, 5.74) is 0. The molecule has 21 heavy (non-hydrogen) atoms. The molecule has 0 saturated heterocycles. The molecule has 0 fully saturated rings. The lowest BCUT2D eigenvalue weighted by Gasteiger charge is -2.02. The van der Waals surface area contributed by atoms with Crippen LogP contribution < -0.4 is 4.57 Å². The smallest absolute Gasteiger partial charge is 0.243 e. The van der Waals surface area contributed by atoms with E-state index in [1.807, 2.05) is 0 Å². The van der Waals surface area contributed by atoms with E-state index >= 15 is 0 Å². The Bertz CT molecular complexity index is 314. The van der Waals surface area contributed by atoms with Crippen LogP contribution in [0.4, 0.5) is 0 Å². The second kappa shape index (κ2) is 12.8. The van der Waals surface area contributed by atoms with Gasteiger partial charge in [-0.25, -0.2) is 9.13 Å². The molecule has 0 bridgehead atoms. The molecule has 6 heteroatoms. The molecule has 122 valence electrons. The van der Waals surface area contributed by atoms with Crippen LogP contribution in [0.2, 0.25) is 0 Å². The zero-order valence-corrected chi connectivity index (χ0v) is 13.3. The van der Waals surface area contributed by atoms with Gasteiger partial charge < -0.3 is 18.9 Å². The first-order valence-corrected chi connectivity index (χ1v) is 7.55. The van der Waals surface area contributed by atoms with Crippen LogP contribution >= 0.6 is 0 Å². The van der Waals surface area contributed by atoms with E-state index in [1.165, 1.54) is 0 Å². The molecule has 0 spiro atoms. The quantitative estimate of drug-likeness (QED) is 0.378. The third-order valence-corrected chi connectivity index (χ3v) is 3.02. The molecule has 1 heterocycles. The van der Waals surface area contributed by atoms with Crippen LogP contribution in [0.5, 0.6) is 0 Å². The minimum atomic E-state index is 0.663. The highest BCUT2D eigenvalue weighted by molar-refractivity contribution is 4.66. The van der Waals surface area contributed by atoms with Gasteiger partial charge in [-0.1, -0.05) is 0 Å². The number of hydrogen-bond donors (Lipinski definition) is 0. The molecule has 0 N–H and O–H groups in total. The second-order valence-electron chi connectivity index (χ2n) is 4.81. The summed E-state index contributed by atoms with van der Waals surface area (Å²) in [7, 11) is 3.37. The van der Waals surface area contributed by atoms with Crippen molar-refractivity contribution in [3.05, 3.63) is 18.7 Å². The normalized spacial score (nSPS) is 11.1. The summed E-state index contributed by atoms with van der Waals surface area (Å²) in [4.78, 5) is 0. The summed E-state index contributed by atoms with van der Waals surface area (Å²) in [5, 5.41) is 0. The fourth-order valence-corrected chi connectivity index (χ4v) is 1.89. The highest BCUT2D eigenvalue weighted by Crippen LogP contribution is 1.92. The Kier molecular flexibility index (Phi) is 11.0. The van der Waals surface area contributed by atoms with E-state index in [9.17, 15) is 0 Å². The van der Waals surface area contributed by atoms with E-state index in [-0.39, 0.29) is 0 Å². The molecule has 1 aromatic heterocycles. The standard InChI is InChI=1S/C15H29N2O4/c1-18-11-13-20-9-3-5-16-7-8-17(15-16)6-4-10-21-14-12-19-2/h7-8,15H,3-6,9-14H2,1-2H3/q+1. The summed E-state index contributed by atoms with van der Waals surface area (Å²) in [6.45, 7) is 6.17. The molecule has 0 radical (unpaired) electrons. The van der Waals surface area contributed by atoms with Crippen LogP contribution in [-0.4, -0.2) is 58.4 Å². The van der Waals surface area contributed by atoms with Crippen LogP contribution in [0.1, 0.15) is 12.8 Å². The molecule has 0 amide bonds. The highest BCUT2D eigenvalue weighted by Gasteiger charge is 2.03. The molecule has 1 rings (SSSR count). The highest BCUT2D eigenvalue weighted by atomic mass is 16.5. The third kappa shape index (κ3) is 9.57. The van der Waals surface area contributed by atoms with E-state index in [0.29, 0.717) is 26.4 Å². The van der Waals surface area contributed by atoms with Crippen molar-refractivity contribution < 1.29 is 23.5 Å². The summed E-state index contributed by atoms with van der Waals surface area (Å²) >= 11 is 0. The Balaban J connectivity index is 2.01. The first-order valence-electron chi connectivity index (χ1n) is 7.55. The Hall–Kier alpha value is -0.950. The molecule has 0 aromatic carbocycles. The average Bonchev–Trinajstić information content (AvgIpc) is 2.94. The Labute approximate surface area is 127 Å². The molecule has 0 aliphatic carbocycles. The summed E-state index contributed by atoms with van der Waals surface area (Å²) in [6, 6.07) is 0. The van der Waals surface area contributed by atoms with Gasteiger partial charge in [-0.05, 0) is 0 Å². The monoisotopic (exact) mass is 301 g/mol. The van der Waals surface area contributed by atoms with Gasteiger partial charge in [0.1, 0.15) is 12.4 Å². The number of methoxy groups -OCH3 is 2. The zero-order chi connectivity index (χ0) is 15.2. The minimum absolute atomic E-state index is 0.663. The molecule has 0 aliphatic rings. The van der Waals surface area contributed by atoms with E-state index in [1.54, 1.807) is 14.2 Å². The maximum Gasteiger partial charge on any atom is 0.243 e. The minimum Gasteiger partial charge on any atom is -0.382 e. The van der Waals surface area contributed by atoms with Crippen molar-refractivity contribution in [3.8, 4) is 0 Å². The van der Waals surface area contributed by atoms with Crippen LogP contribution in [-0.2, 0) is 32.0 Å². The molecule has 0 aliphatic heterocycles. The molecule has 6 nitrogen and oxygen atoms in total. The van der Waals surface area contributed by atoms with Gasteiger partial charge in [0.25, 0.3) is 0 Å². The van der Waals surface area contributed by atoms with Gasteiger partial charge in [-0.2, -0.15) is 0 Å². The number of rotatable bonds is 14. The molecule has 0 unspecified atom stereocenters. The molecular formula is C15H29N2O4+. The predicted molar refractivity (Wildman–Crippen MR) is 79.3 cm³/mol. The topological polar surface area (TPSA) is 45.7 Å². The van der Waals surface area contributed by atoms with Crippen molar-refractivity contribution in [1.82, 2.24) is 4.57 Å². The third-order valence-electron chi connectivity index (χ3n) is 3.02. The lowest BCUT2D eigenvalue weighted by Crippen LogP contribution is -2.31. The number of ether oxygens (including phenoxy) is 4. The lowest BCUT2D eigenvalue weighted by atomic mass is 10.4. The maximum atomic E-state index is 5.44. The Morgan fingerprint density at radius 1 is 0.857 bits per heavy atom. The number of aryl methyl sites for hydroxylation is 2. The molecule has 0 saturated carbocycles. The Morgan fingerprint density at radius 2 is 1.52 bits per heavy atom. The van der Waals surface area contributed by atoms with E-state index in [4.69, 9.17) is 18.9 Å². The van der Waals surface area contributed by atoms with Crippen molar-refractivity contribution in [1.29, 1.82) is 0 Å². The van der Waals surface area contributed by atoms with Crippen molar-refractivity contribution >= 4 is 0 Å². The lowest BCUT2D eigenvalue weighted by molar-refractivity contribution is -0.697. The number of imidazole rings is 1. The zero-order valence-electron chi connectivity index (χ0n) is 13.3. The maximum absolute atomic E-state index is 5.44. The van der Waals surface area contributed by atoms with Crippen molar-refractivity contribution in [2.75, 3.05) is 53.9 Å². The van der Waals surface area contributed by atoms with Gasteiger partial charge in [0.05, 0.1) is 52.7 Å². The summed E-state index contributed by atoms with van der Waals surface area (Å²) < 4.78 is 25.1. The molecule has 1 aromatic rings. The number of nitrogens with zero attached hydrogens (tertiary/aromatic N) is 2. The van der Waals surface area contributed by atoms with Gasteiger partial charge in [0.15, 0.2) is 0 Å². The Morgan fingerprint density at radius 3 is 2.19 bits per heavy atom. The molecular weight excluding hydrogens is 272 g/mol. The predicted octanol–water partition coefficient (Wildman–Crippen LogP) is 0.882.